The normalized spacial score (nSPS) is 11.8. The Hall–Kier alpha value is -1.96. The number of benzene rings is 2. The maximum Gasteiger partial charge on any atom is 0.0991 e. The zero-order valence-corrected chi connectivity index (χ0v) is 10.5. The van der Waals surface area contributed by atoms with Crippen LogP contribution in [0.3, 0.4) is 0 Å². The Bertz CT molecular complexity index is 642. The Morgan fingerprint density at radius 1 is 1.17 bits per heavy atom. The van der Waals surface area contributed by atoms with Gasteiger partial charge in [0.25, 0.3) is 0 Å². The molecule has 2 aromatic carbocycles. The lowest BCUT2D eigenvalue weighted by molar-refractivity contribution is 0.537. The van der Waals surface area contributed by atoms with Crippen LogP contribution in [0.2, 0.25) is 0 Å². The van der Waals surface area contributed by atoms with Crippen LogP contribution in [-0.2, 0) is 11.1 Å². The summed E-state index contributed by atoms with van der Waals surface area (Å²) < 4.78 is 21.7. The maximum atomic E-state index is 10.8. The topological polar surface area (TPSA) is 63.9 Å². The summed E-state index contributed by atoms with van der Waals surface area (Å²) in [6.45, 7) is 1.86. The fourth-order valence-corrected chi connectivity index (χ4v) is 2.24. The monoisotopic (exact) mass is 256 g/mol. The number of hydrogen-bond acceptors (Lipinski definition) is 3. The number of nitriles is 1. The maximum absolute atomic E-state index is 10.8. The average molecular weight is 256 g/mol. The molecule has 0 fully saturated rings. The van der Waals surface area contributed by atoms with Crippen LogP contribution in [0.1, 0.15) is 11.1 Å². The van der Waals surface area contributed by atoms with Crippen molar-refractivity contribution >= 4 is 11.1 Å². The molecule has 0 amide bonds. The van der Waals surface area contributed by atoms with E-state index in [1.165, 1.54) is 0 Å². The molecule has 0 saturated carbocycles. The number of rotatable bonds is 2. The van der Waals surface area contributed by atoms with Gasteiger partial charge in [0, 0.05) is 4.90 Å². The van der Waals surface area contributed by atoms with Crippen molar-refractivity contribution in [3.8, 4) is 17.2 Å². The van der Waals surface area contributed by atoms with Crippen molar-refractivity contribution < 1.29 is 8.76 Å². The first-order valence-electron chi connectivity index (χ1n) is 5.32. The molecule has 18 heavy (non-hydrogen) atoms. The number of aryl methyl sites for hydroxylation is 1. The minimum Gasteiger partial charge on any atom is -0.768 e. The molecular weight excluding hydrogens is 246 g/mol. The highest BCUT2D eigenvalue weighted by Crippen LogP contribution is 2.25. The van der Waals surface area contributed by atoms with Crippen molar-refractivity contribution in [3.63, 3.8) is 0 Å². The van der Waals surface area contributed by atoms with Gasteiger partial charge in [0.2, 0.25) is 0 Å². The predicted octanol–water partition coefficient (Wildman–Crippen LogP) is 2.77. The van der Waals surface area contributed by atoms with E-state index in [1.807, 2.05) is 19.1 Å². The first kappa shape index (κ1) is 12.5. The van der Waals surface area contributed by atoms with Crippen molar-refractivity contribution in [2.24, 2.45) is 0 Å². The molecule has 0 N–H and O–H groups in total. The molecule has 3 nitrogen and oxygen atoms in total. The zero-order valence-electron chi connectivity index (χ0n) is 9.71. The molecule has 0 saturated heterocycles. The fourth-order valence-electron chi connectivity index (χ4n) is 1.79. The van der Waals surface area contributed by atoms with E-state index in [4.69, 9.17) is 5.26 Å². The third kappa shape index (κ3) is 2.48. The van der Waals surface area contributed by atoms with E-state index in [-0.39, 0.29) is 4.90 Å². The Kier molecular flexibility index (Phi) is 3.56. The Morgan fingerprint density at radius 2 is 1.83 bits per heavy atom. The Morgan fingerprint density at radius 3 is 2.33 bits per heavy atom. The van der Waals surface area contributed by atoms with Crippen molar-refractivity contribution in [1.82, 2.24) is 0 Å². The van der Waals surface area contributed by atoms with Gasteiger partial charge in [-0.25, -0.2) is 0 Å². The van der Waals surface area contributed by atoms with E-state index in [0.717, 1.165) is 16.7 Å². The van der Waals surface area contributed by atoms with Gasteiger partial charge in [-0.3, -0.25) is 4.21 Å². The summed E-state index contributed by atoms with van der Waals surface area (Å²) in [4.78, 5) is 0.282. The van der Waals surface area contributed by atoms with Crippen molar-refractivity contribution in [2.45, 2.75) is 11.8 Å². The summed E-state index contributed by atoms with van der Waals surface area (Å²) in [7, 11) is 0. The van der Waals surface area contributed by atoms with Gasteiger partial charge in [-0.2, -0.15) is 5.26 Å². The molecule has 2 aromatic rings. The summed E-state index contributed by atoms with van der Waals surface area (Å²) in [5.74, 6) is 0. The summed E-state index contributed by atoms with van der Waals surface area (Å²) in [5, 5.41) is 8.73. The predicted molar refractivity (Wildman–Crippen MR) is 68.5 cm³/mol. The second kappa shape index (κ2) is 5.13. The van der Waals surface area contributed by atoms with Gasteiger partial charge in [-0.05, 0) is 59.0 Å². The minimum atomic E-state index is -2.20. The first-order valence-corrected chi connectivity index (χ1v) is 6.40. The van der Waals surface area contributed by atoms with Crippen LogP contribution in [0.25, 0.3) is 11.1 Å². The molecule has 90 valence electrons. The molecule has 0 bridgehead atoms. The van der Waals surface area contributed by atoms with Crippen LogP contribution in [-0.4, -0.2) is 8.76 Å². The molecule has 0 aliphatic carbocycles. The lowest BCUT2D eigenvalue weighted by Crippen LogP contribution is -1.91. The first-order chi connectivity index (χ1) is 8.61. The highest BCUT2D eigenvalue weighted by Gasteiger charge is 2.03. The molecular formula is C14H10NO2S-. The standard InChI is InChI=1S/C14H11NO2S/c1-10-8-13(18(16)17)6-7-14(10)12-4-2-11(9-15)3-5-12/h2-8H,1H3,(H,16,17)/p-1. The molecule has 0 heterocycles. The summed E-state index contributed by atoms with van der Waals surface area (Å²) in [6.07, 6.45) is 0. The van der Waals surface area contributed by atoms with Crippen LogP contribution in [0.5, 0.6) is 0 Å². The van der Waals surface area contributed by atoms with Gasteiger partial charge in [0.15, 0.2) is 0 Å². The van der Waals surface area contributed by atoms with Gasteiger partial charge < -0.3 is 4.55 Å². The lowest BCUT2D eigenvalue weighted by Gasteiger charge is -2.10. The second-order valence-electron chi connectivity index (χ2n) is 3.90. The van der Waals surface area contributed by atoms with Gasteiger partial charge >= 0.3 is 0 Å². The highest BCUT2D eigenvalue weighted by molar-refractivity contribution is 7.79. The Balaban J connectivity index is 2.45. The van der Waals surface area contributed by atoms with E-state index in [9.17, 15) is 8.76 Å². The Labute approximate surface area is 108 Å². The fraction of sp³-hybridized carbons (Fsp3) is 0.0714. The van der Waals surface area contributed by atoms with Crippen molar-refractivity contribution in [3.05, 3.63) is 53.6 Å². The zero-order chi connectivity index (χ0) is 13.1. The molecule has 0 spiro atoms. The van der Waals surface area contributed by atoms with Crippen LogP contribution in [0, 0.1) is 18.3 Å². The minimum absolute atomic E-state index is 0.282. The van der Waals surface area contributed by atoms with E-state index >= 15 is 0 Å². The molecule has 0 aromatic heterocycles. The van der Waals surface area contributed by atoms with E-state index in [2.05, 4.69) is 6.07 Å². The van der Waals surface area contributed by atoms with E-state index in [1.54, 1.807) is 30.3 Å². The van der Waals surface area contributed by atoms with E-state index in [0.29, 0.717) is 5.56 Å². The largest absolute Gasteiger partial charge is 0.768 e. The smallest absolute Gasteiger partial charge is 0.0991 e. The van der Waals surface area contributed by atoms with Crippen LogP contribution in [0.15, 0.2) is 47.4 Å². The molecule has 4 heteroatoms. The van der Waals surface area contributed by atoms with Gasteiger partial charge in [-0.15, -0.1) is 0 Å². The summed E-state index contributed by atoms with van der Waals surface area (Å²) in [6, 6.07) is 14.3. The van der Waals surface area contributed by atoms with Crippen LogP contribution in [0.4, 0.5) is 0 Å². The molecule has 1 unspecified atom stereocenters. The second-order valence-corrected chi connectivity index (χ2v) is 4.84. The van der Waals surface area contributed by atoms with E-state index < -0.39 is 11.1 Å². The number of nitrogens with zero attached hydrogens (tertiary/aromatic N) is 1. The lowest BCUT2D eigenvalue weighted by atomic mass is 10.00. The third-order valence-electron chi connectivity index (χ3n) is 2.72. The van der Waals surface area contributed by atoms with Crippen molar-refractivity contribution in [2.75, 3.05) is 0 Å². The quantitative estimate of drug-likeness (QED) is 0.776. The highest BCUT2D eigenvalue weighted by atomic mass is 32.2. The molecule has 0 aliphatic rings. The summed E-state index contributed by atoms with van der Waals surface area (Å²) in [5.41, 5.74) is 3.43. The summed E-state index contributed by atoms with van der Waals surface area (Å²) >= 11 is -2.20. The molecule has 2 rings (SSSR count). The van der Waals surface area contributed by atoms with Gasteiger partial charge in [0.05, 0.1) is 11.6 Å². The molecule has 1 atom stereocenters. The van der Waals surface area contributed by atoms with Gasteiger partial charge in [-0.1, -0.05) is 18.2 Å². The average Bonchev–Trinajstić information content (AvgIpc) is 2.38. The SMILES string of the molecule is Cc1cc(S(=O)[O-])ccc1-c1ccc(C#N)cc1. The number of hydrogen-bond donors (Lipinski definition) is 0. The van der Waals surface area contributed by atoms with Crippen LogP contribution < -0.4 is 0 Å². The van der Waals surface area contributed by atoms with Gasteiger partial charge in [0.1, 0.15) is 0 Å². The molecule has 0 aliphatic heterocycles. The van der Waals surface area contributed by atoms with Crippen LogP contribution >= 0.6 is 0 Å². The van der Waals surface area contributed by atoms with Crippen molar-refractivity contribution in [1.29, 1.82) is 5.26 Å². The third-order valence-corrected chi connectivity index (χ3v) is 3.35. The molecule has 0 radical (unpaired) electrons.